The van der Waals surface area contributed by atoms with Gasteiger partial charge in [-0.1, -0.05) is 42.5 Å². The van der Waals surface area contributed by atoms with Crippen LogP contribution in [-0.4, -0.2) is 30.9 Å². The Balaban J connectivity index is 1.43. The fourth-order valence-electron chi connectivity index (χ4n) is 2.62. The quantitative estimate of drug-likeness (QED) is 0.582. The Morgan fingerprint density at radius 3 is 2.69 bits per heavy atom. The number of carbonyl (C=O) groups excluding carboxylic acids is 1. The van der Waals surface area contributed by atoms with Crippen LogP contribution in [-0.2, 0) is 11.3 Å². The lowest BCUT2D eigenvalue weighted by Crippen LogP contribution is -2.19. The van der Waals surface area contributed by atoms with E-state index in [1.54, 1.807) is 18.7 Å². The average Bonchev–Trinajstić information content (AvgIpc) is 3.35. The van der Waals surface area contributed by atoms with Crippen LogP contribution in [0, 0.1) is 0 Å². The van der Waals surface area contributed by atoms with Crippen molar-refractivity contribution in [2.75, 3.05) is 5.32 Å². The molecule has 0 fully saturated rings. The molecule has 4 aromatic rings. The van der Waals surface area contributed by atoms with Crippen LogP contribution in [0.15, 0.2) is 73.3 Å². The number of nitrogens with one attached hydrogen (secondary N) is 2. The van der Waals surface area contributed by atoms with Gasteiger partial charge in [-0.05, 0) is 17.7 Å². The zero-order chi connectivity index (χ0) is 17.8. The molecule has 2 aromatic carbocycles. The topological polar surface area (TPSA) is 88.5 Å². The number of nitrogens with zero attached hydrogens (tertiary/aromatic N) is 4. The second-order valence-electron chi connectivity index (χ2n) is 5.75. The van der Waals surface area contributed by atoms with E-state index < -0.39 is 0 Å². The summed E-state index contributed by atoms with van der Waals surface area (Å²) in [6, 6.07) is 17.3. The lowest BCUT2D eigenvalue weighted by molar-refractivity contribution is -0.116. The Kier molecular flexibility index (Phi) is 4.26. The number of hydrogen-bond acceptors (Lipinski definition) is 4. The summed E-state index contributed by atoms with van der Waals surface area (Å²) >= 11 is 0. The molecule has 2 aromatic heterocycles. The van der Waals surface area contributed by atoms with Gasteiger partial charge in [0.15, 0.2) is 5.82 Å². The summed E-state index contributed by atoms with van der Waals surface area (Å²) in [5, 5.41) is 14.0. The largest absolute Gasteiger partial charge is 0.324 e. The van der Waals surface area contributed by atoms with Crippen LogP contribution >= 0.6 is 0 Å². The minimum absolute atomic E-state index is 0.0930. The SMILES string of the molecule is O=C(Cn1cnc(-c2ccccc2)n1)Nc1cccc(-c2cn[nH]c2)c1. The molecular formula is C19H16N6O. The molecule has 0 aliphatic carbocycles. The maximum atomic E-state index is 12.3. The number of amides is 1. The summed E-state index contributed by atoms with van der Waals surface area (Å²) in [4.78, 5) is 16.6. The van der Waals surface area contributed by atoms with Crippen LogP contribution in [0.25, 0.3) is 22.5 Å². The van der Waals surface area contributed by atoms with E-state index in [-0.39, 0.29) is 12.5 Å². The molecule has 0 bridgehead atoms. The van der Waals surface area contributed by atoms with Crippen molar-refractivity contribution >= 4 is 11.6 Å². The Hall–Kier alpha value is -3.74. The molecule has 7 heteroatoms. The first-order valence-corrected chi connectivity index (χ1v) is 8.12. The van der Waals surface area contributed by atoms with E-state index in [2.05, 4.69) is 25.6 Å². The van der Waals surface area contributed by atoms with Gasteiger partial charge in [-0.25, -0.2) is 9.67 Å². The fourth-order valence-corrected chi connectivity index (χ4v) is 2.62. The number of benzene rings is 2. The van der Waals surface area contributed by atoms with Crippen molar-refractivity contribution in [3.8, 4) is 22.5 Å². The van der Waals surface area contributed by atoms with Gasteiger partial charge in [-0.3, -0.25) is 9.89 Å². The molecule has 0 atom stereocenters. The van der Waals surface area contributed by atoms with Crippen LogP contribution in [0.2, 0.25) is 0 Å². The number of aromatic amines is 1. The Morgan fingerprint density at radius 2 is 1.88 bits per heavy atom. The predicted octanol–water partition coefficient (Wildman–Crippen LogP) is 2.97. The number of H-pyrrole nitrogens is 1. The first-order chi connectivity index (χ1) is 12.8. The summed E-state index contributed by atoms with van der Waals surface area (Å²) in [5.74, 6) is 0.430. The van der Waals surface area contributed by atoms with Gasteiger partial charge >= 0.3 is 0 Å². The summed E-state index contributed by atoms with van der Waals surface area (Å²) in [6.07, 6.45) is 5.10. The van der Waals surface area contributed by atoms with E-state index in [0.29, 0.717) is 5.82 Å². The summed E-state index contributed by atoms with van der Waals surface area (Å²) in [6.45, 7) is 0.0930. The van der Waals surface area contributed by atoms with Gasteiger partial charge < -0.3 is 5.32 Å². The van der Waals surface area contributed by atoms with Gasteiger partial charge in [0.2, 0.25) is 5.91 Å². The summed E-state index contributed by atoms with van der Waals surface area (Å²) < 4.78 is 1.53. The smallest absolute Gasteiger partial charge is 0.246 e. The monoisotopic (exact) mass is 344 g/mol. The first-order valence-electron chi connectivity index (χ1n) is 8.12. The van der Waals surface area contributed by atoms with E-state index in [1.165, 1.54) is 4.68 Å². The van der Waals surface area contributed by atoms with Crippen molar-refractivity contribution in [3.05, 3.63) is 73.3 Å². The van der Waals surface area contributed by atoms with Gasteiger partial charge in [-0.2, -0.15) is 10.2 Å². The lowest BCUT2D eigenvalue weighted by atomic mass is 10.1. The van der Waals surface area contributed by atoms with E-state index in [9.17, 15) is 4.79 Å². The second-order valence-corrected chi connectivity index (χ2v) is 5.75. The molecule has 0 saturated carbocycles. The molecule has 0 aliphatic heterocycles. The average molecular weight is 344 g/mol. The van der Waals surface area contributed by atoms with E-state index in [1.807, 2.05) is 54.6 Å². The first kappa shape index (κ1) is 15.8. The molecule has 128 valence electrons. The zero-order valence-electron chi connectivity index (χ0n) is 13.8. The Bertz CT molecular complexity index is 1010. The highest BCUT2D eigenvalue weighted by atomic mass is 16.2. The van der Waals surface area contributed by atoms with E-state index >= 15 is 0 Å². The molecule has 0 saturated heterocycles. The van der Waals surface area contributed by atoms with Crippen LogP contribution in [0.1, 0.15) is 0 Å². The van der Waals surface area contributed by atoms with E-state index in [4.69, 9.17) is 0 Å². The predicted molar refractivity (Wildman–Crippen MR) is 98.1 cm³/mol. The van der Waals surface area contributed by atoms with Crippen molar-refractivity contribution < 1.29 is 4.79 Å². The third kappa shape index (κ3) is 3.51. The molecule has 4 rings (SSSR count). The van der Waals surface area contributed by atoms with Crippen LogP contribution < -0.4 is 5.32 Å². The lowest BCUT2D eigenvalue weighted by Gasteiger charge is -2.06. The van der Waals surface area contributed by atoms with Crippen molar-refractivity contribution in [1.82, 2.24) is 25.0 Å². The number of carbonyl (C=O) groups is 1. The van der Waals surface area contributed by atoms with Gasteiger partial charge in [0, 0.05) is 23.0 Å². The highest BCUT2D eigenvalue weighted by Gasteiger charge is 2.08. The van der Waals surface area contributed by atoms with E-state index in [0.717, 1.165) is 22.4 Å². The normalized spacial score (nSPS) is 10.6. The van der Waals surface area contributed by atoms with Crippen molar-refractivity contribution in [2.45, 2.75) is 6.54 Å². The molecule has 26 heavy (non-hydrogen) atoms. The van der Waals surface area contributed by atoms with Crippen LogP contribution in [0.3, 0.4) is 0 Å². The van der Waals surface area contributed by atoms with Gasteiger partial charge in [0.25, 0.3) is 0 Å². The van der Waals surface area contributed by atoms with Crippen LogP contribution in [0.4, 0.5) is 5.69 Å². The molecule has 2 heterocycles. The molecule has 7 nitrogen and oxygen atoms in total. The third-order valence-electron chi connectivity index (χ3n) is 3.85. The van der Waals surface area contributed by atoms with Gasteiger partial charge in [-0.15, -0.1) is 0 Å². The summed E-state index contributed by atoms with van der Waals surface area (Å²) in [7, 11) is 0. The molecule has 0 unspecified atom stereocenters. The van der Waals surface area contributed by atoms with Gasteiger partial charge in [0.1, 0.15) is 12.9 Å². The van der Waals surface area contributed by atoms with Crippen molar-refractivity contribution in [1.29, 1.82) is 0 Å². The minimum atomic E-state index is -0.168. The van der Waals surface area contributed by atoms with Gasteiger partial charge in [0.05, 0.1) is 6.20 Å². The highest BCUT2D eigenvalue weighted by Crippen LogP contribution is 2.21. The standard InChI is InChI=1S/C19H16N6O/c26-18(12-25-13-20-19(24-25)14-5-2-1-3-6-14)23-17-8-4-7-15(9-17)16-10-21-22-11-16/h1-11,13H,12H2,(H,21,22)(H,23,26). The zero-order valence-corrected chi connectivity index (χ0v) is 13.8. The fraction of sp³-hybridized carbons (Fsp3) is 0.0526. The van der Waals surface area contributed by atoms with Crippen LogP contribution in [0.5, 0.6) is 0 Å². The molecule has 1 amide bonds. The Labute approximate surface area is 149 Å². The number of hydrogen-bond donors (Lipinski definition) is 2. The molecule has 0 radical (unpaired) electrons. The molecular weight excluding hydrogens is 328 g/mol. The second kappa shape index (κ2) is 7.02. The number of anilines is 1. The third-order valence-corrected chi connectivity index (χ3v) is 3.85. The Morgan fingerprint density at radius 1 is 1.04 bits per heavy atom. The molecule has 0 aliphatic rings. The van der Waals surface area contributed by atoms with Crippen molar-refractivity contribution in [2.24, 2.45) is 0 Å². The minimum Gasteiger partial charge on any atom is -0.324 e. The highest BCUT2D eigenvalue weighted by molar-refractivity contribution is 5.91. The number of aromatic nitrogens is 5. The van der Waals surface area contributed by atoms with Crippen molar-refractivity contribution in [3.63, 3.8) is 0 Å². The molecule has 0 spiro atoms. The summed E-state index contributed by atoms with van der Waals surface area (Å²) in [5.41, 5.74) is 3.57. The maximum Gasteiger partial charge on any atom is 0.246 e. The molecule has 2 N–H and O–H groups in total. The maximum absolute atomic E-state index is 12.3. The number of rotatable bonds is 5.